The molecule has 0 saturated carbocycles. The fraction of sp³-hybridized carbons (Fsp3) is 0.346. The molecule has 0 aliphatic carbocycles. The van der Waals surface area contributed by atoms with Crippen LogP contribution in [0.25, 0.3) is 22.0 Å². The normalized spacial score (nSPS) is 14.1. The number of aromatic nitrogens is 2. The number of benzene rings is 2. The summed E-state index contributed by atoms with van der Waals surface area (Å²) in [7, 11) is -2.24. The summed E-state index contributed by atoms with van der Waals surface area (Å²) in [6.45, 7) is 8.64. The number of piperazine rings is 1. The molecule has 0 atom stereocenters. The molecule has 0 radical (unpaired) electrons. The van der Waals surface area contributed by atoms with Crippen LogP contribution in [0.2, 0.25) is 5.02 Å². The van der Waals surface area contributed by atoms with Crippen molar-refractivity contribution in [3.63, 3.8) is 0 Å². The van der Waals surface area contributed by atoms with Crippen molar-refractivity contribution in [2.45, 2.75) is 6.42 Å². The van der Waals surface area contributed by atoms with Crippen LogP contribution < -0.4 is 9.64 Å². The summed E-state index contributed by atoms with van der Waals surface area (Å²) in [4.78, 5) is 24.3. The van der Waals surface area contributed by atoms with Crippen LogP contribution in [0.1, 0.15) is 6.42 Å². The Bertz CT molecular complexity index is 1420. The van der Waals surface area contributed by atoms with Gasteiger partial charge in [0.05, 0.1) is 24.3 Å². The predicted octanol–water partition coefficient (Wildman–Crippen LogP) is 5.16. The topological polar surface area (TPSA) is 95.9 Å². The largest absolute Gasteiger partial charge is 0.507 e. The number of carbonyl (C=O) groups excluding carboxylic acids is 1. The van der Waals surface area contributed by atoms with E-state index >= 15 is 4.39 Å². The number of fused-ring (bicyclic) bond motifs is 1. The number of hydrogen-bond acceptors (Lipinski definition) is 7. The van der Waals surface area contributed by atoms with Gasteiger partial charge < -0.3 is 24.2 Å². The molecule has 12 heteroatoms. The Kier molecular flexibility index (Phi) is 8.23. The van der Waals surface area contributed by atoms with E-state index in [2.05, 4.69) is 16.5 Å². The van der Waals surface area contributed by atoms with Gasteiger partial charge in [-0.15, -0.1) is 0 Å². The maximum atomic E-state index is 16.0. The van der Waals surface area contributed by atoms with Crippen LogP contribution in [-0.2, 0) is 9.36 Å². The number of aromatic hydroxyl groups is 1. The molecular formula is C26H28ClF2N4O4P. The highest BCUT2D eigenvalue weighted by Gasteiger charge is 2.27. The van der Waals surface area contributed by atoms with Crippen molar-refractivity contribution in [1.82, 2.24) is 14.9 Å². The second-order valence-corrected chi connectivity index (χ2v) is 13.4. The van der Waals surface area contributed by atoms with E-state index in [-0.39, 0.29) is 45.6 Å². The third kappa shape index (κ3) is 5.92. The van der Waals surface area contributed by atoms with E-state index in [1.54, 1.807) is 18.2 Å². The monoisotopic (exact) mass is 564 g/mol. The number of phenols is 1. The van der Waals surface area contributed by atoms with Crippen LogP contribution in [0, 0.1) is 11.6 Å². The van der Waals surface area contributed by atoms with Crippen LogP contribution in [0.4, 0.5) is 14.6 Å². The van der Waals surface area contributed by atoms with E-state index in [1.807, 2.05) is 4.90 Å². The molecule has 38 heavy (non-hydrogen) atoms. The highest BCUT2D eigenvalue weighted by molar-refractivity contribution is 7.62. The van der Waals surface area contributed by atoms with Crippen molar-refractivity contribution in [2.75, 3.05) is 57.2 Å². The minimum absolute atomic E-state index is 0.107. The SMILES string of the molecule is C=CC(=O)N1CCN(c2nc(OCCCP(C)(C)=O)nc3c(F)c(-c4c(O)cccc4F)c(Cl)cc23)CC1. The lowest BCUT2D eigenvalue weighted by Crippen LogP contribution is -2.48. The molecule has 1 amide bonds. The predicted molar refractivity (Wildman–Crippen MR) is 145 cm³/mol. The summed E-state index contributed by atoms with van der Waals surface area (Å²) in [6, 6.07) is 4.97. The molecule has 1 aromatic heterocycles. The van der Waals surface area contributed by atoms with Crippen LogP contribution in [0.5, 0.6) is 11.8 Å². The molecule has 1 N–H and O–H groups in total. The van der Waals surface area contributed by atoms with Crippen LogP contribution >= 0.6 is 18.7 Å². The number of phenolic OH excluding ortho intramolecular Hbond substituents is 1. The lowest BCUT2D eigenvalue weighted by atomic mass is 10.0. The Morgan fingerprint density at radius 2 is 1.92 bits per heavy atom. The minimum atomic E-state index is -2.24. The zero-order valence-electron chi connectivity index (χ0n) is 21.1. The lowest BCUT2D eigenvalue weighted by molar-refractivity contribution is -0.126. The Labute approximate surface area is 224 Å². The van der Waals surface area contributed by atoms with Crippen molar-refractivity contribution in [3.05, 3.63) is 53.6 Å². The van der Waals surface area contributed by atoms with Gasteiger partial charge >= 0.3 is 6.01 Å². The molecule has 3 aromatic rings. The van der Waals surface area contributed by atoms with Gasteiger partial charge in [-0.2, -0.15) is 9.97 Å². The Morgan fingerprint density at radius 3 is 2.55 bits per heavy atom. The molecule has 0 spiro atoms. The summed E-state index contributed by atoms with van der Waals surface area (Å²) in [5.41, 5.74) is -0.865. The van der Waals surface area contributed by atoms with Gasteiger partial charge in [-0.1, -0.05) is 24.2 Å². The first kappa shape index (κ1) is 27.8. The van der Waals surface area contributed by atoms with Gasteiger partial charge in [-0.25, -0.2) is 8.78 Å². The fourth-order valence-electron chi connectivity index (χ4n) is 4.33. The molecule has 0 bridgehead atoms. The second kappa shape index (κ2) is 11.3. The number of carbonyl (C=O) groups is 1. The van der Waals surface area contributed by atoms with Crippen LogP contribution in [0.3, 0.4) is 0 Å². The second-order valence-electron chi connectivity index (χ2n) is 9.42. The number of rotatable bonds is 8. The summed E-state index contributed by atoms with van der Waals surface area (Å²) in [5.74, 6) is -2.09. The Morgan fingerprint density at radius 1 is 1.21 bits per heavy atom. The van der Waals surface area contributed by atoms with Crippen LogP contribution in [0.15, 0.2) is 36.9 Å². The van der Waals surface area contributed by atoms with Crippen LogP contribution in [-0.4, -0.2) is 78.2 Å². The molecule has 1 aliphatic rings. The fourth-order valence-corrected chi connectivity index (χ4v) is 5.51. The number of ether oxygens (including phenoxy) is 1. The number of nitrogens with zero attached hydrogens (tertiary/aromatic N) is 4. The van der Waals surface area contributed by atoms with Gasteiger partial charge in [0.15, 0.2) is 5.82 Å². The summed E-state index contributed by atoms with van der Waals surface area (Å²) < 4.78 is 48.4. The number of halogens is 3. The van der Waals surface area contributed by atoms with Crippen molar-refractivity contribution in [3.8, 4) is 22.9 Å². The van der Waals surface area contributed by atoms with E-state index in [0.717, 1.165) is 6.07 Å². The number of hydrogen-bond donors (Lipinski definition) is 1. The average molecular weight is 565 g/mol. The van der Waals surface area contributed by atoms with E-state index < -0.39 is 24.5 Å². The first-order chi connectivity index (χ1) is 18.0. The quantitative estimate of drug-likeness (QED) is 0.229. The molecule has 1 saturated heterocycles. The Balaban J connectivity index is 1.79. The molecular weight excluding hydrogens is 537 g/mol. The van der Waals surface area contributed by atoms with Gasteiger partial charge in [0, 0.05) is 43.3 Å². The average Bonchev–Trinajstić information content (AvgIpc) is 2.87. The maximum absolute atomic E-state index is 16.0. The van der Waals surface area contributed by atoms with E-state index in [4.69, 9.17) is 16.3 Å². The zero-order chi connectivity index (χ0) is 27.6. The van der Waals surface area contributed by atoms with Gasteiger partial charge in [-0.05, 0) is 44.0 Å². The first-order valence-corrected chi connectivity index (χ1v) is 15.2. The van der Waals surface area contributed by atoms with Crippen molar-refractivity contribution in [1.29, 1.82) is 0 Å². The third-order valence-electron chi connectivity index (χ3n) is 6.22. The van der Waals surface area contributed by atoms with Gasteiger partial charge in [0.25, 0.3) is 0 Å². The number of amides is 1. The minimum Gasteiger partial charge on any atom is -0.507 e. The van der Waals surface area contributed by atoms with Crippen molar-refractivity contribution >= 4 is 41.4 Å². The summed E-state index contributed by atoms with van der Waals surface area (Å²) in [6.07, 6.45) is 2.20. The number of anilines is 1. The zero-order valence-corrected chi connectivity index (χ0v) is 22.7. The van der Waals surface area contributed by atoms with E-state index in [1.165, 1.54) is 24.3 Å². The molecule has 2 aromatic carbocycles. The molecule has 4 rings (SSSR count). The molecule has 0 unspecified atom stereocenters. The summed E-state index contributed by atoms with van der Waals surface area (Å²) >= 11 is 6.45. The molecule has 2 heterocycles. The smallest absolute Gasteiger partial charge is 0.319 e. The third-order valence-corrected chi connectivity index (χ3v) is 7.91. The summed E-state index contributed by atoms with van der Waals surface area (Å²) in [5, 5.41) is 10.4. The maximum Gasteiger partial charge on any atom is 0.319 e. The van der Waals surface area contributed by atoms with Crippen molar-refractivity contribution < 1.29 is 28.0 Å². The van der Waals surface area contributed by atoms with Gasteiger partial charge in [0.2, 0.25) is 5.91 Å². The standard InChI is InChI=1S/C26H28ClF2N4O4P/c1-4-20(35)32-9-11-33(12-10-32)25-16-15-17(27)21(22-18(28)7-5-8-19(22)34)23(29)24(16)30-26(31-25)37-13-6-14-38(2,3)36/h4-5,7-8,15,34H,1,6,9-14H2,2-3H3. The Hall–Kier alpha value is -3.23. The van der Waals surface area contributed by atoms with Gasteiger partial charge in [-0.3, -0.25) is 4.79 Å². The first-order valence-electron chi connectivity index (χ1n) is 12.0. The van der Waals surface area contributed by atoms with E-state index in [9.17, 15) is 18.9 Å². The molecule has 8 nitrogen and oxygen atoms in total. The molecule has 202 valence electrons. The molecule has 1 aliphatic heterocycles. The van der Waals surface area contributed by atoms with Gasteiger partial charge in [0.1, 0.15) is 22.9 Å². The van der Waals surface area contributed by atoms with Crippen molar-refractivity contribution in [2.24, 2.45) is 0 Å². The molecule has 1 fully saturated rings. The van der Waals surface area contributed by atoms with E-state index in [0.29, 0.717) is 44.6 Å². The lowest BCUT2D eigenvalue weighted by Gasteiger charge is -2.35. The highest BCUT2D eigenvalue weighted by Crippen LogP contribution is 2.43. The highest BCUT2D eigenvalue weighted by atomic mass is 35.5.